The number of pyridine rings is 1. The van der Waals surface area contributed by atoms with Crippen molar-refractivity contribution in [3.05, 3.63) is 131 Å². The second kappa shape index (κ2) is 22.4. The number of aliphatic hydroxyl groups excluding tert-OH is 1. The zero-order valence-corrected chi connectivity index (χ0v) is 35.1. The predicted molar refractivity (Wildman–Crippen MR) is 235 cm³/mol. The highest BCUT2D eigenvalue weighted by atomic mass is 16.3. The van der Waals surface area contributed by atoms with Crippen molar-refractivity contribution in [2.24, 2.45) is 10.9 Å². The van der Waals surface area contributed by atoms with Crippen molar-refractivity contribution in [1.82, 2.24) is 25.9 Å². The fraction of sp³-hybridized carbons (Fsp3) is 0.404. The molecule has 0 radical (unpaired) electrons. The Bertz CT molecular complexity index is 1890. The van der Waals surface area contributed by atoms with Crippen LogP contribution in [0, 0.1) is 5.92 Å². The molecule has 4 heterocycles. The molecule has 4 N–H and O–H groups in total. The van der Waals surface area contributed by atoms with Gasteiger partial charge in [-0.05, 0) is 79.1 Å². The molecule has 1 atom stereocenters. The lowest BCUT2D eigenvalue weighted by Crippen LogP contribution is -2.45. The molecule has 1 saturated carbocycles. The summed E-state index contributed by atoms with van der Waals surface area (Å²) in [5.41, 5.74) is 10.5. The maximum atomic E-state index is 11.1. The fourth-order valence-electron chi connectivity index (χ4n) is 6.94. The van der Waals surface area contributed by atoms with Crippen LogP contribution in [-0.2, 0) is 16.1 Å². The Morgan fingerprint density at radius 1 is 1.00 bits per heavy atom. The van der Waals surface area contributed by atoms with Crippen LogP contribution in [0.2, 0.25) is 0 Å². The standard InChI is InChI=1S/C29H36N4O.C9H7NO2.C4H6N2.C3H8.C2H6/c1-19(2)14-27-32(4)18-24-17-26(21-8-6-5-7-9-21)28(31-29(24)33(27)30-3)22-12-10-20(11-13-22)23-15-25(34)16-23;11-8-6-4-2-1-3-5-7(6)9(12)10-8;1-2-5-4-6-3-1;1-3-2;1-2/h5-8,10-14,17,19,21,23,25,30,34H,9,15-16,18H2,1-4H3;1-4H,5H2,(H,10,11,12);1-2,4H,3H2,(H,5,6);3H2,1-2H3;1-2H3/b27-14-;;;;. The third-order valence-electron chi connectivity index (χ3n) is 9.70. The maximum absolute atomic E-state index is 11.1. The van der Waals surface area contributed by atoms with Gasteiger partial charge in [-0.15, -0.1) is 0 Å². The summed E-state index contributed by atoms with van der Waals surface area (Å²) in [6, 6.07) is 11.2. The molecule has 1 fully saturated rings. The summed E-state index contributed by atoms with van der Waals surface area (Å²) in [5, 5.41) is 16.9. The molecule has 10 nitrogen and oxygen atoms in total. The van der Waals surface area contributed by atoms with Crippen LogP contribution >= 0.6 is 0 Å². The number of allylic oxidation sites excluding steroid dienone is 8. The average Bonchev–Trinajstić information content (AvgIpc) is 3.35. The fourth-order valence-corrected chi connectivity index (χ4v) is 6.94. The van der Waals surface area contributed by atoms with Gasteiger partial charge in [0.1, 0.15) is 5.82 Å². The summed E-state index contributed by atoms with van der Waals surface area (Å²) in [6.07, 6.45) is 28.1. The Balaban J connectivity index is 0.000000254. The van der Waals surface area contributed by atoms with Crippen molar-refractivity contribution < 1.29 is 14.7 Å². The Morgan fingerprint density at radius 2 is 1.72 bits per heavy atom. The third kappa shape index (κ3) is 11.8. The highest BCUT2D eigenvalue weighted by molar-refractivity contribution is 6.21. The van der Waals surface area contributed by atoms with Gasteiger partial charge in [-0.1, -0.05) is 115 Å². The Labute approximate surface area is 340 Å². The number of rotatable bonds is 5. The zero-order chi connectivity index (χ0) is 41.3. The van der Waals surface area contributed by atoms with E-state index in [0.717, 1.165) is 55.2 Å². The summed E-state index contributed by atoms with van der Waals surface area (Å²) in [4.78, 5) is 33.7. The highest BCUT2D eigenvalue weighted by Gasteiger charge is 2.31. The van der Waals surface area contributed by atoms with E-state index in [-0.39, 0.29) is 17.9 Å². The number of anilines is 1. The molecule has 8 rings (SSSR count). The Morgan fingerprint density at radius 3 is 2.28 bits per heavy atom. The minimum atomic E-state index is -0.282. The molecule has 1 unspecified atom stereocenters. The minimum absolute atomic E-state index is 0.136. The largest absolute Gasteiger partial charge is 0.393 e. The summed E-state index contributed by atoms with van der Waals surface area (Å²) in [7, 11) is 4.11. The number of aromatic nitrogens is 1. The van der Waals surface area contributed by atoms with E-state index in [9.17, 15) is 14.7 Å². The highest BCUT2D eigenvalue weighted by Crippen LogP contribution is 2.41. The molecule has 6 aliphatic rings. The van der Waals surface area contributed by atoms with Crippen LogP contribution in [0.15, 0.2) is 119 Å². The van der Waals surface area contributed by atoms with Crippen LogP contribution in [0.1, 0.15) is 102 Å². The Hall–Kier alpha value is -5.32. The van der Waals surface area contributed by atoms with E-state index in [1.165, 1.54) is 23.1 Å². The molecule has 1 aromatic carbocycles. The number of fused-ring (bicyclic) bond motifs is 1. The monoisotopic (exact) mass is 773 g/mol. The number of nitrogens with zero attached hydrogens (tertiary/aromatic N) is 4. The van der Waals surface area contributed by atoms with E-state index in [4.69, 9.17) is 4.98 Å². The van der Waals surface area contributed by atoms with E-state index in [1.807, 2.05) is 45.3 Å². The van der Waals surface area contributed by atoms with E-state index in [0.29, 0.717) is 35.3 Å². The van der Waals surface area contributed by atoms with Gasteiger partial charge in [0.25, 0.3) is 11.8 Å². The number of aliphatic hydroxyl groups is 1. The smallest absolute Gasteiger partial charge is 0.258 e. The molecule has 2 aromatic rings. The van der Waals surface area contributed by atoms with E-state index < -0.39 is 0 Å². The van der Waals surface area contributed by atoms with Crippen molar-refractivity contribution in [1.29, 1.82) is 0 Å². The topological polar surface area (TPSA) is 122 Å². The molecule has 304 valence electrons. The van der Waals surface area contributed by atoms with Crippen LogP contribution in [-0.4, -0.2) is 59.9 Å². The van der Waals surface area contributed by atoms with Gasteiger partial charge in [0.05, 0.1) is 24.7 Å². The van der Waals surface area contributed by atoms with E-state index in [2.05, 4.69) is 126 Å². The van der Waals surface area contributed by atoms with Gasteiger partial charge in [0, 0.05) is 48.8 Å². The van der Waals surface area contributed by atoms with Crippen LogP contribution in [0.25, 0.3) is 11.3 Å². The third-order valence-corrected chi connectivity index (χ3v) is 9.70. The Kier molecular flexibility index (Phi) is 17.5. The van der Waals surface area contributed by atoms with Gasteiger partial charge in [0.15, 0.2) is 5.82 Å². The molecular weight excluding hydrogens is 711 g/mol. The van der Waals surface area contributed by atoms with E-state index >= 15 is 0 Å². The number of benzene rings is 1. The molecule has 10 heteroatoms. The number of imide groups is 1. The maximum Gasteiger partial charge on any atom is 0.258 e. The number of carbonyl (C=O) groups excluding carboxylic acids is 2. The molecule has 3 aliphatic carbocycles. The lowest BCUT2D eigenvalue weighted by atomic mass is 9.77. The quantitative estimate of drug-likeness (QED) is 0.223. The molecule has 2 amide bonds. The van der Waals surface area contributed by atoms with Gasteiger partial charge in [-0.25, -0.2) is 15.4 Å². The summed E-state index contributed by atoms with van der Waals surface area (Å²) in [6.45, 7) is 14.3. The van der Waals surface area contributed by atoms with Gasteiger partial charge in [-0.3, -0.25) is 19.9 Å². The second-order valence-corrected chi connectivity index (χ2v) is 14.6. The zero-order valence-electron chi connectivity index (χ0n) is 35.1. The summed E-state index contributed by atoms with van der Waals surface area (Å²) < 4.78 is 0. The molecule has 0 bridgehead atoms. The van der Waals surface area contributed by atoms with Crippen molar-refractivity contribution in [2.75, 3.05) is 25.6 Å². The molecular formula is C47H63N7O3. The van der Waals surface area contributed by atoms with Crippen LogP contribution in [0.3, 0.4) is 0 Å². The first kappa shape index (κ1) is 44.4. The van der Waals surface area contributed by atoms with Crippen molar-refractivity contribution in [3.63, 3.8) is 0 Å². The van der Waals surface area contributed by atoms with Gasteiger partial charge >= 0.3 is 0 Å². The van der Waals surface area contributed by atoms with Gasteiger partial charge in [0.2, 0.25) is 0 Å². The number of hydrogen-bond acceptors (Lipinski definition) is 9. The number of amides is 2. The normalized spacial score (nSPS) is 21.6. The van der Waals surface area contributed by atoms with Crippen LogP contribution < -0.4 is 21.1 Å². The summed E-state index contributed by atoms with van der Waals surface area (Å²) >= 11 is 0. The number of carbonyl (C=O) groups is 2. The lowest BCUT2D eigenvalue weighted by Gasteiger charge is -2.39. The van der Waals surface area contributed by atoms with Gasteiger partial charge in [-0.2, -0.15) is 0 Å². The summed E-state index contributed by atoms with van der Waals surface area (Å²) in [5.74, 6) is 2.81. The molecule has 0 spiro atoms. The molecule has 57 heavy (non-hydrogen) atoms. The lowest BCUT2D eigenvalue weighted by molar-refractivity contribution is -0.124. The van der Waals surface area contributed by atoms with Crippen LogP contribution in [0.5, 0.6) is 0 Å². The second-order valence-electron chi connectivity index (χ2n) is 14.6. The van der Waals surface area contributed by atoms with Gasteiger partial charge < -0.3 is 15.3 Å². The van der Waals surface area contributed by atoms with E-state index in [1.54, 1.807) is 18.5 Å². The molecule has 1 aromatic heterocycles. The van der Waals surface area contributed by atoms with Crippen molar-refractivity contribution in [3.8, 4) is 11.3 Å². The first-order valence-electron chi connectivity index (χ1n) is 20.5. The van der Waals surface area contributed by atoms with Crippen molar-refractivity contribution >= 4 is 24.0 Å². The number of nitrogens with one attached hydrogen (secondary N) is 3. The predicted octanol–water partition coefficient (Wildman–Crippen LogP) is 8.50. The average molecular weight is 774 g/mol. The molecule has 0 saturated heterocycles. The number of hydrazine groups is 1. The first-order chi connectivity index (χ1) is 27.6. The SMILES string of the molecule is C1=CNC=NC1.CC.CCC.CNN1/C(=C\C(C)C)N(C)Cc2cc(C3C=CC=CC3)c(-c3ccc(C4CC(O)C4)cc3)nc21.O=C1NC(=O)C2=C1C=CC=CC2. The first-order valence-corrected chi connectivity index (χ1v) is 20.5. The number of hydrogen-bond donors (Lipinski definition) is 4. The minimum Gasteiger partial charge on any atom is -0.393 e. The van der Waals surface area contributed by atoms with Crippen LogP contribution in [0.4, 0.5) is 5.82 Å². The van der Waals surface area contributed by atoms with Crippen molar-refractivity contribution in [2.45, 2.75) is 98.1 Å². The molecule has 3 aliphatic heterocycles. The number of aliphatic imine (C=N–C) groups is 1.